The number of aromatic amines is 1. The van der Waals surface area contributed by atoms with Gasteiger partial charge >= 0.3 is 0 Å². The monoisotopic (exact) mass is 123 g/mol. The number of nitrogens with zero attached hydrogens (tertiary/aromatic N) is 1. The molecule has 0 saturated carbocycles. The zero-order valence-corrected chi connectivity index (χ0v) is 5.09. The maximum Gasteiger partial charge on any atom is 0.148 e. The Balaban J connectivity index is 2.80. The summed E-state index contributed by atoms with van der Waals surface area (Å²) in [5.41, 5.74) is 6.44. The van der Waals surface area contributed by atoms with Gasteiger partial charge in [-0.3, -0.25) is 5.10 Å². The molecule has 0 aliphatic heterocycles. The molecule has 0 aliphatic rings. The fourth-order valence-electron chi connectivity index (χ4n) is 0.644. The molecule has 0 atom stereocenters. The Labute approximate surface area is 53.6 Å². The van der Waals surface area contributed by atoms with Crippen molar-refractivity contribution < 1.29 is 0 Å². The molecule has 0 unspecified atom stereocenters. The summed E-state index contributed by atoms with van der Waals surface area (Å²) in [4.78, 5) is 0. The number of hydrogen-bond acceptors (Lipinski definition) is 2. The first-order chi connectivity index (χ1) is 4.34. The molecule has 0 aliphatic carbocycles. The first kappa shape index (κ1) is 5.88. The van der Waals surface area contributed by atoms with E-state index in [9.17, 15) is 0 Å². The van der Waals surface area contributed by atoms with Crippen LogP contribution in [0, 0.1) is 0 Å². The summed E-state index contributed by atoms with van der Waals surface area (Å²) in [6.45, 7) is 3.58. The van der Waals surface area contributed by atoms with Crippen molar-refractivity contribution in [3.8, 4) is 0 Å². The minimum atomic E-state index is 0.565. The van der Waals surface area contributed by atoms with Gasteiger partial charge in [0.2, 0.25) is 0 Å². The van der Waals surface area contributed by atoms with Gasteiger partial charge in [0.25, 0.3) is 0 Å². The molecule has 48 valence electrons. The normalized spacial score (nSPS) is 9.33. The number of H-pyrrole nitrogens is 1. The van der Waals surface area contributed by atoms with Gasteiger partial charge < -0.3 is 5.73 Å². The average molecular weight is 123 g/mol. The third-order valence-electron chi connectivity index (χ3n) is 1.12. The largest absolute Gasteiger partial charge is 0.382 e. The lowest BCUT2D eigenvalue weighted by Gasteiger charge is -1.87. The van der Waals surface area contributed by atoms with E-state index in [0.29, 0.717) is 5.82 Å². The number of nitrogen functional groups attached to an aromatic ring is 1. The fraction of sp³-hybridized carbons (Fsp3) is 0.167. The van der Waals surface area contributed by atoms with Crippen LogP contribution >= 0.6 is 0 Å². The number of hydrogen-bond donors (Lipinski definition) is 2. The van der Waals surface area contributed by atoms with Crippen molar-refractivity contribution in [3.63, 3.8) is 0 Å². The van der Waals surface area contributed by atoms with E-state index >= 15 is 0 Å². The van der Waals surface area contributed by atoms with Crippen molar-refractivity contribution >= 4 is 5.82 Å². The highest BCUT2D eigenvalue weighted by Gasteiger charge is 1.95. The smallest absolute Gasteiger partial charge is 0.148 e. The summed E-state index contributed by atoms with van der Waals surface area (Å²) in [6, 6.07) is 0. The van der Waals surface area contributed by atoms with Crippen LogP contribution in [0.3, 0.4) is 0 Å². The lowest BCUT2D eigenvalue weighted by atomic mass is 10.2. The number of anilines is 1. The van der Waals surface area contributed by atoms with Crippen molar-refractivity contribution in [2.45, 2.75) is 6.42 Å². The summed E-state index contributed by atoms with van der Waals surface area (Å²) in [6.07, 6.45) is 4.35. The van der Waals surface area contributed by atoms with Gasteiger partial charge in [-0.1, -0.05) is 6.08 Å². The Morgan fingerprint density at radius 2 is 2.67 bits per heavy atom. The van der Waals surface area contributed by atoms with E-state index in [1.54, 1.807) is 12.3 Å². The molecule has 1 aromatic rings. The zero-order chi connectivity index (χ0) is 6.69. The van der Waals surface area contributed by atoms with E-state index in [2.05, 4.69) is 16.8 Å². The predicted molar refractivity (Wildman–Crippen MR) is 36.9 cm³/mol. The molecule has 0 spiro atoms. The van der Waals surface area contributed by atoms with Gasteiger partial charge in [0.05, 0.1) is 0 Å². The molecule has 1 aromatic heterocycles. The second-order valence-electron chi connectivity index (χ2n) is 1.79. The van der Waals surface area contributed by atoms with E-state index in [0.717, 1.165) is 12.0 Å². The lowest BCUT2D eigenvalue weighted by molar-refractivity contribution is 1.10. The third kappa shape index (κ3) is 1.10. The maximum atomic E-state index is 5.44. The zero-order valence-electron chi connectivity index (χ0n) is 5.09. The first-order valence-corrected chi connectivity index (χ1v) is 2.73. The van der Waals surface area contributed by atoms with Crippen LogP contribution < -0.4 is 5.73 Å². The first-order valence-electron chi connectivity index (χ1n) is 2.73. The molecule has 0 bridgehead atoms. The number of nitrogens with two attached hydrogens (primary N) is 1. The Bertz CT molecular complexity index is 202. The van der Waals surface area contributed by atoms with Crippen LogP contribution in [0.1, 0.15) is 5.56 Å². The molecule has 3 heteroatoms. The van der Waals surface area contributed by atoms with Crippen LogP contribution in [0.15, 0.2) is 18.9 Å². The standard InChI is InChI=1S/C6H9N3/c1-2-3-5-4-8-9-6(5)7/h2,4H,1,3H2,(H3,7,8,9). The van der Waals surface area contributed by atoms with E-state index in [1.807, 2.05) is 0 Å². The molecule has 0 fully saturated rings. The molecule has 0 radical (unpaired) electrons. The molecule has 1 rings (SSSR count). The average Bonchev–Trinajstić information content (AvgIpc) is 2.18. The quantitative estimate of drug-likeness (QED) is 0.569. The highest BCUT2D eigenvalue weighted by molar-refractivity contribution is 5.37. The number of allylic oxidation sites excluding steroid dienone is 1. The molecule has 3 nitrogen and oxygen atoms in total. The predicted octanol–water partition coefficient (Wildman–Crippen LogP) is 0.720. The molecule has 0 saturated heterocycles. The van der Waals surface area contributed by atoms with Crippen molar-refractivity contribution in [1.29, 1.82) is 0 Å². The van der Waals surface area contributed by atoms with Gasteiger partial charge in [-0.2, -0.15) is 5.10 Å². The van der Waals surface area contributed by atoms with Crippen molar-refractivity contribution in [2.24, 2.45) is 0 Å². The van der Waals surface area contributed by atoms with Crippen LogP contribution in [0.5, 0.6) is 0 Å². The highest BCUT2D eigenvalue weighted by Crippen LogP contribution is 2.05. The minimum Gasteiger partial charge on any atom is -0.382 e. The summed E-state index contributed by atoms with van der Waals surface area (Å²) in [7, 11) is 0. The Morgan fingerprint density at radius 3 is 3.11 bits per heavy atom. The summed E-state index contributed by atoms with van der Waals surface area (Å²) in [5, 5.41) is 6.40. The van der Waals surface area contributed by atoms with Crippen molar-refractivity contribution in [1.82, 2.24) is 10.2 Å². The van der Waals surface area contributed by atoms with Gasteiger partial charge in [-0.25, -0.2) is 0 Å². The van der Waals surface area contributed by atoms with Gasteiger partial charge in [-0.15, -0.1) is 6.58 Å². The van der Waals surface area contributed by atoms with E-state index in [-0.39, 0.29) is 0 Å². The van der Waals surface area contributed by atoms with Crippen LogP contribution in [0.25, 0.3) is 0 Å². The number of nitrogens with one attached hydrogen (secondary N) is 1. The number of rotatable bonds is 2. The van der Waals surface area contributed by atoms with Crippen molar-refractivity contribution in [3.05, 3.63) is 24.4 Å². The second-order valence-corrected chi connectivity index (χ2v) is 1.79. The van der Waals surface area contributed by atoms with Gasteiger partial charge in [0.1, 0.15) is 5.82 Å². The Hall–Kier alpha value is -1.25. The second kappa shape index (κ2) is 2.35. The maximum absolute atomic E-state index is 5.44. The molecular weight excluding hydrogens is 114 g/mol. The van der Waals surface area contributed by atoms with E-state index in [1.165, 1.54) is 0 Å². The van der Waals surface area contributed by atoms with Crippen LogP contribution in [0.4, 0.5) is 5.82 Å². The highest BCUT2D eigenvalue weighted by atomic mass is 15.1. The molecule has 0 aromatic carbocycles. The van der Waals surface area contributed by atoms with E-state index in [4.69, 9.17) is 5.73 Å². The third-order valence-corrected chi connectivity index (χ3v) is 1.12. The molecule has 1 heterocycles. The topological polar surface area (TPSA) is 54.7 Å². The summed E-state index contributed by atoms with van der Waals surface area (Å²) < 4.78 is 0. The van der Waals surface area contributed by atoms with Crippen LogP contribution in [-0.2, 0) is 6.42 Å². The lowest BCUT2D eigenvalue weighted by Crippen LogP contribution is -1.88. The van der Waals surface area contributed by atoms with Crippen LogP contribution in [0.2, 0.25) is 0 Å². The fourth-order valence-corrected chi connectivity index (χ4v) is 0.644. The molecule has 9 heavy (non-hydrogen) atoms. The Morgan fingerprint density at radius 1 is 1.89 bits per heavy atom. The summed E-state index contributed by atoms with van der Waals surface area (Å²) >= 11 is 0. The van der Waals surface area contributed by atoms with Gasteiger partial charge in [-0.05, 0) is 6.42 Å². The van der Waals surface area contributed by atoms with Crippen LogP contribution in [-0.4, -0.2) is 10.2 Å². The van der Waals surface area contributed by atoms with Crippen molar-refractivity contribution in [2.75, 3.05) is 5.73 Å². The molecule has 3 N–H and O–H groups in total. The Kier molecular flexibility index (Phi) is 1.53. The minimum absolute atomic E-state index is 0.565. The van der Waals surface area contributed by atoms with Gasteiger partial charge in [0.15, 0.2) is 0 Å². The van der Waals surface area contributed by atoms with E-state index < -0.39 is 0 Å². The molecule has 0 amide bonds. The SMILES string of the molecule is C=CCc1c[nH]nc1N. The number of aromatic nitrogens is 2. The van der Waals surface area contributed by atoms with Gasteiger partial charge in [0, 0.05) is 11.8 Å². The summed E-state index contributed by atoms with van der Waals surface area (Å²) in [5.74, 6) is 0.565. The molecular formula is C6H9N3.